The Bertz CT molecular complexity index is 119. The molecule has 0 saturated heterocycles. The summed E-state index contributed by atoms with van der Waals surface area (Å²) in [4.78, 5) is 11.8. The average molecular weight is 171 g/mol. The fraction of sp³-hybridized carbons (Fsp3) is 0.500. The molecule has 0 aromatic carbocycles. The predicted molar refractivity (Wildman–Crippen MR) is 55.9 cm³/mol. The van der Waals surface area contributed by atoms with Crippen molar-refractivity contribution in [3.63, 3.8) is 0 Å². The Labute approximate surface area is 76.6 Å². The highest BCUT2D eigenvalue weighted by atomic mass is 16.2. The van der Waals surface area contributed by atoms with Crippen molar-refractivity contribution < 1.29 is 4.79 Å². The minimum absolute atomic E-state index is 0.139. The van der Waals surface area contributed by atoms with Gasteiger partial charge in [-0.3, -0.25) is 4.79 Å². The van der Waals surface area contributed by atoms with Crippen LogP contribution in [0.15, 0.2) is 25.4 Å². The largest absolute Gasteiger partial charge is 0.319 e. The monoisotopic (exact) mass is 171 g/mol. The summed E-state index contributed by atoms with van der Waals surface area (Å²) in [6.07, 6.45) is 2.67. The molecule has 0 spiro atoms. The fourth-order valence-electron chi connectivity index (χ4n) is 0.234. The molecule has 0 radical (unpaired) electrons. The maximum absolute atomic E-state index is 10.5. The molecule has 0 fully saturated rings. The summed E-state index contributed by atoms with van der Waals surface area (Å²) in [5.74, 6) is -0.139. The number of hydrogen-bond acceptors (Lipinski definition) is 1. The third kappa shape index (κ3) is 11.7. The Morgan fingerprint density at radius 2 is 1.50 bits per heavy atom. The Kier molecular flexibility index (Phi) is 23.6. The van der Waals surface area contributed by atoms with E-state index < -0.39 is 0 Å². The van der Waals surface area contributed by atoms with Gasteiger partial charge < -0.3 is 4.90 Å². The molecule has 2 heteroatoms. The van der Waals surface area contributed by atoms with Gasteiger partial charge in [-0.2, -0.15) is 0 Å². The molecule has 0 saturated carbocycles. The van der Waals surface area contributed by atoms with Crippen molar-refractivity contribution in [1.82, 2.24) is 4.90 Å². The number of carbonyl (C=O) groups is 1. The van der Waals surface area contributed by atoms with Crippen LogP contribution in [-0.2, 0) is 4.79 Å². The lowest BCUT2D eigenvalue weighted by molar-refractivity contribution is -0.122. The number of nitrogens with zero attached hydrogens (tertiary/aromatic N) is 1. The van der Waals surface area contributed by atoms with E-state index in [0.29, 0.717) is 0 Å². The van der Waals surface area contributed by atoms with Gasteiger partial charge in [-0.1, -0.05) is 40.9 Å². The summed E-state index contributed by atoms with van der Waals surface area (Å²) in [5, 5.41) is 0. The molecule has 72 valence electrons. The zero-order valence-electron chi connectivity index (χ0n) is 8.92. The number of likely N-dealkylation sites (N-methyl/N-ethyl adjacent to an activating group) is 1. The van der Waals surface area contributed by atoms with Gasteiger partial charge in [0, 0.05) is 7.05 Å². The normalized spacial score (nSPS) is 6.08. The van der Waals surface area contributed by atoms with Gasteiger partial charge in [-0.25, -0.2) is 0 Å². The van der Waals surface area contributed by atoms with Crippen molar-refractivity contribution in [1.29, 1.82) is 0 Å². The van der Waals surface area contributed by atoms with Crippen LogP contribution in [0.5, 0.6) is 0 Å². The number of rotatable bonds is 2. The summed E-state index contributed by atoms with van der Waals surface area (Å²) < 4.78 is 0. The van der Waals surface area contributed by atoms with Crippen LogP contribution in [0.3, 0.4) is 0 Å². The molecule has 0 aliphatic heterocycles. The van der Waals surface area contributed by atoms with Crippen molar-refractivity contribution in [3.8, 4) is 0 Å². The lowest BCUT2D eigenvalue weighted by Crippen LogP contribution is -2.16. The molecule has 1 amide bonds. The number of carbonyl (C=O) groups excluding carboxylic acids is 1. The van der Waals surface area contributed by atoms with Crippen LogP contribution >= 0.6 is 0 Å². The van der Waals surface area contributed by atoms with Crippen molar-refractivity contribution in [2.24, 2.45) is 0 Å². The molecular formula is C10H21NO. The maximum Gasteiger partial charge on any atom is 0.249 e. The van der Waals surface area contributed by atoms with E-state index >= 15 is 0 Å². The van der Waals surface area contributed by atoms with Crippen LogP contribution in [0.2, 0.25) is 0 Å². The summed E-state index contributed by atoms with van der Waals surface area (Å²) in [5.41, 5.74) is 0. The van der Waals surface area contributed by atoms with Gasteiger partial charge in [-0.05, 0) is 12.3 Å². The van der Waals surface area contributed by atoms with E-state index in [2.05, 4.69) is 13.2 Å². The molecule has 0 aromatic rings. The minimum atomic E-state index is -0.139. The highest BCUT2D eigenvalue weighted by Crippen LogP contribution is 1.82. The van der Waals surface area contributed by atoms with Crippen LogP contribution in [0.25, 0.3) is 0 Å². The summed E-state index contributed by atoms with van der Waals surface area (Å²) in [7, 11) is 1.62. The molecule has 0 rings (SSSR count). The van der Waals surface area contributed by atoms with Gasteiger partial charge in [0.15, 0.2) is 0 Å². The molecule has 0 unspecified atom stereocenters. The van der Waals surface area contributed by atoms with Gasteiger partial charge in [0.05, 0.1) is 0 Å². The predicted octanol–water partition coefficient (Wildman–Crippen LogP) is 2.83. The fourth-order valence-corrected chi connectivity index (χ4v) is 0.234. The van der Waals surface area contributed by atoms with Gasteiger partial charge in [-0.15, -0.1) is 0 Å². The highest BCUT2D eigenvalue weighted by Gasteiger charge is 1.94. The number of amides is 1. The topological polar surface area (TPSA) is 20.3 Å². The van der Waals surface area contributed by atoms with E-state index in [4.69, 9.17) is 0 Å². The molecule has 0 aromatic heterocycles. The molecule has 12 heavy (non-hydrogen) atoms. The molecule has 0 atom stereocenters. The Hall–Kier alpha value is -1.05. The van der Waals surface area contributed by atoms with Gasteiger partial charge in [0.2, 0.25) is 5.91 Å². The maximum atomic E-state index is 10.5. The summed E-state index contributed by atoms with van der Waals surface area (Å²) >= 11 is 0. The van der Waals surface area contributed by atoms with Crippen molar-refractivity contribution in [2.45, 2.75) is 27.7 Å². The first-order chi connectivity index (χ1) is 5.72. The standard InChI is InChI=1S/C6H9NO.2C2H6/c1-4-6(8)7(3)5-2;2*1-2/h4-5H,1-2H2,3H3;2*1-2H3. The van der Waals surface area contributed by atoms with Crippen molar-refractivity contribution >= 4 is 5.91 Å². The molecule has 0 bridgehead atoms. The van der Waals surface area contributed by atoms with E-state index in [9.17, 15) is 4.79 Å². The Morgan fingerprint density at radius 3 is 1.58 bits per heavy atom. The molecule has 0 aliphatic rings. The first kappa shape index (κ1) is 17.2. The third-order valence-corrected chi connectivity index (χ3v) is 0.796. The van der Waals surface area contributed by atoms with E-state index in [1.165, 1.54) is 17.2 Å². The first-order valence-electron chi connectivity index (χ1n) is 4.24. The molecule has 2 nitrogen and oxygen atoms in total. The van der Waals surface area contributed by atoms with Crippen molar-refractivity contribution in [2.75, 3.05) is 7.05 Å². The molecule has 0 heterocycles. The second-order valence-corrected chi connectivity index (χ2v) is 1.34. The molecular weight excluding hydrogens is 150 g/mol. The van der Waals surface area contributed by atoms with Crippen LogP contribution in [-0.4, -0.2) is 17.9 Å². The summed E-state index contributed by atoms with van der Waals surface area (Å²) in [6, 6.07) is 0. The molecule has 0 N–H and O–H groups in total. The van der Waals surface area contributed by atoms with Crippen molar-refractivity contribution in [3.05, 3.63) is 25.4 Å². The second-order valence-electron chi connectivity index (χ2n) is 1.34. The molecule has 0 aliphatic carbocycles. The second kappa shape index (κ2) is 16.5. The highest BCUT2D eigenvalue weighted by molar-refractivity contribution is 5.87. The third-order valence-electron chi connectivity index (χ3n) is 0.796. The first-order valence-corrected chi connectivity index (χ1v) is 4.24. The summed E-state index contributed by atoms with van der Waals surface area (Å²) in [6.45, 7) is 14.7. The lowest BCUT2D eigenvalue weighted by atomic mass is 10.5. The smallest absolute Gasteiger partial charge is 0.249 e. The van der Waals surface area contributed by atoms with E-state index in [-0.39, 0.29) is 5.91 Å². The zero-order valence-corrected chi connectivity index (χ0v) is 8.92. The van der Waals surface area contributed by atoms with Crippen LogP contribution in [0.4, 0.5) is 0 Å². The SMILES string of the molecule is C=CC(=O)N(C)C=C.CC.CC. The van der Waals surface area contributed by atoms with Gasteiger partial charge in [0.1, 0.15) is 0 Å². The average Bonchev–Trinajstić information content (AvgIpc) is 2.21. The van der Waals surface area contributed by atoms with Crippen LogP contribution in [0.1, 0.15) is 27.7 Å². The zero-order chi connectivity index (χ0) is 10.6. The van der Waals surface area contributed by atoms with Gasteiger partial charge in [0.25, 0.3) is 0 Å². The van der Waals surface area contributed by atoms with Crippen LogP contribution < -0.4 is 0 Å². The number of hydrogen-bond donors (Lipinski definition) is 0. The Balaban J connectivity index is -0.000000175. The van der Waals surface area contributed by atoms with E-state index in [0.717, 1.165) is 0 Å². The Morgan fingerprint density at radius 1 is 1.17 bits per heavy atom. The lowest BCUT2D eigenvalue weighted by Gasteiger charge is -2.05. The van der Waals surface area contributed by atoms with E-state index in [1.54, 1.807) is 7.05 Å². The van der Waals surface area contributed by atoms with Gasteiger partial charge >= 0.3 is 0 Å². The van der Waals surface area contributed by atoms with E-state index in [1.807, 2.05) is 27.7 Å². The minimum Gasteiger partial charge on any atom is -0.319 e. The quantitative estimate of drug-likeness (QED) is 0.585. The van der Waals surface area contributed by atoms with Crippen LogP contribution in [0, 0.1) is 0 Å².